The number of methoxy groups -OCH3 is 1. The molecule has 0 saturated heterocycles. The maximum Gasteiger partial charge on any atom is 0.131 e. The van der Waals surface area contributed by atoms with E-state index in [-0.39, 0.29) is 11.2 Å². The van der Waals surface area contributed by atoms with Gasteiger partial charge < -0.3 is 10.5 Å². The second-order valence-corrected chi connectivity index (χ2v) is 5.63. The van der Waals surface area contributed by atoms with Gasteiger partial charge in [0.2, 0.25) is 0 Å². The van der Waals surface area contributed by atoms with Crippen molar-refractivity contribution in [2.24, 2.45) is 11.1 Å². The molecule has 0 amide bonds. The van der Waals surface area contributed by atoms with Gasteiger partial charge in [0.05, 0.1) is 7.11 Å². The highest BCUT2D eigenvalue weighted by Crippen LogP contribution is 2.20. The van der Waals surface area contributed by atoms with Crippen LogP contribution in [-0.4, -0.2) is 31.6 Å². The molecule has 0 heterocycles. The lowest BCUT2D eigenvalue weighted by molar-refractivity contribution is 0.181. The third-order valence-electron chi connectivity index (χ3n) is 3.31. The number of benzene rings is 1. The maximum absolute atomic E-state index is 13.9. The topological polar surface area (TPSA) is 38.5 Å². The minimum Gasteiger partial charge on any atom is -0.497 e. The van der Waals surface area contributed by atoms with Crippen molar-refractivity contribution in [3.63, 3.8) is 0 Å². The van der Waals surface area contributed by atoms with Gasteiger partial charge in [0.15, 0.2) is 0 Å². The van der Waals surface area contributed by atoms with Crippen molar-refractivity contribution in [2.45, 2.75) is 27.3 Å². The van der Waals surface area contributed by atoms with Crippen LogP contribution in [-0.2, 0) is 6.54 Å². The number of hydrogen-bond donors (Lipinski definition) is 1. The zero-order chi connectivity index (χ0) is 14.5. The summed E-state index contributed by atoms with van der Waals surface area (Å²) < 4.78 is 18.9. The van der Waals surface area contributed by atoms with Gasteiger partial charge in [0.25, 0.3) is 0 Å². The molecule has 0 saturated carbocycles. The van der Waals surface area contributed by atoms with Gasteiger partial charge in [-0.15, -0.1) is 0 Å². The van der Waals surface area contributed by atoms with Gasteiger partial charge in [0.1, 0.15) is 11.6 Å². The van der Waals surface area contributed by atoms with E-state index in [4.69, 9.17) is 10.5 Å². The third-order valence-corrected chi connectivity index (χ3v) is 3.31. The van der Waals surface area contributed by atoms with Crippen LogP contribution >= 0.6 is 0 Å². The van der Waals surface area contributed by atoms with Crippen molar-refractivity contribution in [2.75, 3.05) is 26.7 Å². The SMILES string of the molecule is CCN(Cc1ccc(OC)cc1F)CC(C)(C)CN. The molecule has 0 aliphatic rings. The van der Waals surface area contributed by atoms with Crippen molar-refractivity contribution < 1.29 is 9.13 Å². The second kappa shape index (κ2) is 6.87. The molecule has 0 atom stereocenters. The highest BCUT2D eigenvalue weighted by molar-refractivity contribution is 5.28. The van der Waals surface area contributed by atoms with Crippen LogP contribution in [0, 0.1) is 11.2 Å². The van der Waals surface area contributed by atoms with Gasteiger partial charge in [-0.2, -0.15) is 0 Å². The largest absolute Gasteiger partial charge is 0.497 e. The summed E-state index contributed by atoms with van der Waals surface area (Å²) >= 11 is 0. The Morgan fingerprint density at radius 1 is 1.37 bits per heavy atom. The smallest absolute Gasteiger partial charge is 0.131 e. The molecular formula is C15H25FN2O. The Hall–Kier alpha value is -1.13. The fraction of sp³-hybridized carbons (Fsp3) is 0.600. The van der Waals surface area contributed by atoms with E-state index in [0.29, 0.717) is 24.4 Å². The van der Waals surface area contributed by atoms with Gasteiger partial charge >= 0.3 is 0 Å². The van der Waals surface area contributed by atoms with Crippen molar-refractivity contribution in [1.29, 1.82) is 0 Å². The molecule has 19 heavy (non-hydrogen) atoms. The lowest BCUT2D eigenvalue weighted by Gasteiger charge is -2.31. The quantitative estimate of drug-likeness (QED) is 0.826. The number of hydrogen-bond acceptors (Lipinski definition) is 3. The summed E-state index contributed by atoms with van der Waals surface area (Å²) in [6.07, 6.45) is 0. The summed E-state index contributed by atoms with van der Waals surface area (Å²) in [5.74, 6) is 0.329. The fourth-order valence-corrected chi connectivity index (χ4v) is 1.97. The van der Waals surface area contributed by atoms with E-state index >= 15 is 0 Å². The molecular weight excluding hydrogens is 243 g/mol. The average Bonchev–Trinajstić information content (AvgIpc) is 2.39. The normalized spacial score (nSPS) is 11.9. The number of nitrogens with two attached hydrogens (primary N) is 1. The lowest BCUT2D eigenvalue weighted by atomic mass is 9.93. The van der Waals surface area contributed by atoms with Gasteiger partial charge in [-0.05, 0) is 24.6 Å². The number of rotatable bonds is 7. The maximum atomic E-state index is 13.9. The molecule has 0 aliphatic carbocycles. The summed E-state index contributed by atoms with van der Waals surface area (Å²) in [4.78, 5) is 2.21. The van der Waals surface area contributed by atoms with Crippen LogP contribution < -0.4 is 10.5 Å². The first-order valence-corrected chi connectivity index (χ1v) is 6.66. The van der Waals surface area contributed by atoms with E-state index < -0.39 is 0 Å². The van der Waals surface area contributed by atoms with Gasteiger partial charge in [-0.1, -0.05) is 26.8 Å². The molecule has 1 rings (SSSR count). The van der Waals surface area contributed by atoms with Crippen LogP contribution in [0.5, 0.6) is 5.75 Å². The molecule has 0 fully saturated rings. The van der Waals surface area contributed by atoms with Gasteiger partial charge in [0, 0.05) is 24.7 Å². The van der Waals surface area contributed by atoms with E-state index in [2.05, 4.69) is 25.7 Å². The molecule has 0 spiro atoms. The van der Waals surface area contributed by atoms with Gasteiger partial charge in [-0.3, -0.25) is 4.90 Å². The van der Waals surface area contributed by atoms with Crippen LogP contribution in [0.4, 0.5) is 4.39 Å². The standard InChI is InChI=1S/C15H25FN2O/c1-5-18(11-15(2,3)10-17)9-12-6-7-13(19-4)8-14(12)16/h6-8H,5,9-11,17H2,1-4H3. The second-order valence-electron chi connectivity index (χ2n) is 5.63. The zero-order valence-corrected chi connectivity index (χ0v) is 12.4. The first kappa shape index (κ1) is 15.9. The highest BCUT2D eigenvalue weighted by Gasteiger charge is 2.20. The predicted octanol–water partition coefficient (Wildman–Crippen LogP) is 2.64. The van der Waals surface area contributed by atoms with Crippen molar-refractivity contribution in [1.82, 2.24) is 4.90 Å². The molecule has 0 bridgehead atoms. The number of ether oxygens (including phenoxy) is 1. The fourth-order valence-electron chi connectivity index (χ4n) is 1.97. The summed E-state index contributed by atoms with van der Waals surface area (Å²) in [7, 11) is 1.54. The Labute approximate surface area is 115 Å². The molecule has 3 nitrogen and oxygen atoms in total. The van der Waals surface area contributed by atoms with Crippen LogP contribution in [0.2, 0.25) is 0 Å². The first-order valence-electron chi connectivity index (χ1n) is 6.66. The van der Waals surface area contributed by atoms with Crippen molar-refractivity contribution in [3.05, 3.63) is 29.6 Å². The van der Waals surface area contributed by atoms with E-state index in [9.17, 15) is 4.39 Å². The minimum absolute atomic E-state index is 0.0406. The zero-order valence-electron chi connectivity index (χ0n) is 12.4. The van der Waals surface area contributed by atoms with E-state index in [1.54, 1.807) is 12.1 Å². The van der Waals surface area contributed by atoms with Crippen LogP contribution in [0.3, 0.4) is 0 Å². The Morgan fingerprint density at radius 3 is 2.53 bits per heavy atom. The molecule has 0 aromatic heterocycles. The van der Waals surface area contributed by atoms with Crippen LogP contribution in [0.15, 0.2) is 18.2 Å². The van der Waals surface area contributed by atoms with E-state index in [1.807, 2.05) is 0 Å². The molecule has 1 aromatic rings. The minimum atomic E-state index is -0.219. The molecule has 108 valence electrons. The van der Waals surface area contributed by atoms with Crippen LogP contribution in [0.1, 0.15) is 26.3 Å². The first-order chi connectivity index (χ1) is 8.91. The van der Waals surface area contributed by atoms with Gasteiger partial charge in [-0.25, -0.2) is 4.39 Å². The third kappa shape index (κ3) is 4.80. The Balaban J connectivity index is 2.76. The summed E-state index contributed by atoms with van der Waals surface area (Å²) in [5, 5.41) is 0. The Bertz CT molecular complexity index is 407. The van der Waals surface area contributed by atoms with Crippen molar-refractivity contribution in [3.8, 4) is 5.75 Å². The molecule has 4 heteroatoms. The molecule has 2 N–H and O–H groups in total. The van der Waals surface area contributed by atoms with E-state index in [1.165, 1.54) is 13.2 Å². The Morgan fingerprint density at radius 2 is 2.05 bits per heavy atom. The number of nitrogens with zero attached hydrogens (tertiary/aromatic N) is 1. The monoisotopic (exact) mass is 268 g/mol. The molecule has 0 aliphatic heterocycles. The number of halogens is 1. The average molecular weight is 268 g/mol. The van der Waals surface area contributed by atoms with E-state index in [0.717, 1.165) is 13.1 Å². The summed E-state index contributed by atoms with van der Waals surface area (Å²) in [5.41, 5.74) is 6.48. The summed E-state index contributed by atoms with van der Waals surface area (Å²) in [6.45, 7) is 9.26. The predicted molar refractivity (Wildman–Crippen MR) is 76.7 cm³/mol. The molecule has 0 unspecified atom stereocenters. The molecule has 0 radical (unpaired) electrons. The highest BCUT2D eigenvalue weighted by atomic mass is 19.1. The van der Waals surface area contributed by atoms with Crippen molar-refractivity contribution >= 4 is 0 Å². The lowest BCUT2D eigenvalue weighted by Crippen LogP contribution is -2.38. The Kier molecular flexibility index (Phi) is 5.76. The van der Waals surface area contributed by atoms with Crippen LogP contribution in [0.25, 0.3) is 0 Å². The molecule has 1 aromatic carbocycles. The summed E-state index contributed by atoms with van der Waals surface area (Å²) in [6, 6.07) is 5.00.